The Balaban J connectivity index is 3.38. The molecule has 0 aromatic heterocycles. The molecule has 0 bridgehead atoms. The summed E-state index contributed by atoms with van der Waals surface area (Å²) in [6.07, 6.45) is 2.00. The van der Waals surface area contributed by atoms with E-state index < -0.39 is 12.2 Å². The van der Waals surface area contributed by atoms with E-state index in [-0.39, 0.29) is 0 Å². The van der Waals surface area contributed by atoms with Crippen LogP contribution in [-0.4, -0.2) is 22.4 Å². The molecule has 3 nitrogen and oxygen atoms in total. The zero-order chi connectivity index (χ0) is 7.28. The molecule has 0 saturated heterocycles. The molecule has 9 heavy (non-hydrogen) atoms. The summed E-state index contributed by atoms with van der Waals surface area (Å²) >= 11 is 0. The molecule has 0 aliphatic rings. The molecule has 0 fully saturated rings. The molecule has 54 valence electrons. The average Bonchev–Trinajstić information content (AvgIpc) is 1.82. The average molecular weight is 131 g/mol. The van der Waals surface area contributed by atoms with Gasteiger partial charge >= 0.3 is 0 Å². The van der Waals surface area contributed by atoms with E-state index in [1.807, 2.05) is 0 Å². The lowest BCUT2D eigenvalue weighted by Crippen LogP contribution is -2.21. The highest BCUT2D eigenvalue weighted by atomic mass is 16.3. The molecule has 0 aliphatic carbocycles. The molecule has 0 heterocycles. The number of aliphatic hydroxyl groups excluding tert-OH is 2. The van der Waals surface area contributed by atoms with Gasteiger partial charge in [0.2, 0.25) is 0 Å². The van der Waals surface area contributed by atoms with Gasteiger partial charge in [-0.25, -0.2) is 0 Å². The maximum absolute atomic E-state index is 8.90. The molecule has 0 rings (SSSR count). The molecule has 2 unspecified atom stereocenters. The van der Waals surface area contributed by atoms with Crippen molar-refractivity contribution in [1.82, 2.24) is 0 Å². The van der Waals surface area contributed by atoms with Gasteiger partial charge in [0, 0.05) is 0 Å². The van der Waals surface area contributed by atoms with Gasteiger partial charge in [0.25, 0.3) is 0 Å². The van der Waals surface area contributed by atoms with Crippen molar-refractivity contribution in [2.24, 2.45) is 5.73 Å². The van der Waals surface area contributed by atoms with Crippen LogP contribution in [0.3, 0.4) is 0 Å². The largest absolute Gasteiger partial charge is 0.405 e. The molecule has 4 N–H and O–H groups in total. The van der Waals surface area contributed by atoms with E-state index in [1.165, 1.54) is 13.1 Å². The minimum Gasteiger partial charge on any atom is -0.405 e. The fourth-order valence-electron chi connectivity index (χ4n) is 0.415. The minimum absolute atomic E-state index is 0.411. The van der Waals surface area contributed by atoms with E-state index in [0.29, 0.717) is 6.42 Å². The quantitative estimate of drug-likeness (QED) is 0.488. The van der Waals surface area contributed by atoms with Crippen LogP contribution in [0, 0.1) is 0 Å². The van der Waals surface area contributed by atoms with Crippen molar-refractivity contribution in [2.75, 3.05) is 0 Å². The molecular weight excluding hydrogens is 118 g/mol. The van der Waals surface area contributed by atoms with Crippen LogP contribution in [-0.2, 0) is 0 Å². The molecule has 2 atom stereocenters. The summed E-state index contributed by atoms with van der Waals surface area (Å²) in [7, 11) is 0. The van der Waals surface area contributed by atoms with Crippen LogP contribution in [0.4, 0.5) is 0 Å². The summed E-state index contributed by atoms with van der Waals surface area (Å²) < 4.78 is 0. The molecule has 0 saturated carbocycles. The highest BCUT2D eigenvalue weighted by Gasteiger charge is 2.06. The lowest BCUT2D eigenvalue weighted by molar-refractivity contribution is 0.0336. The van der Waals surface area contributed by atoms with E-state index in [2.05, 4.69) is 0 Å². The van der Waals surface area contributed by atoms with E-state index in [4.69, 9.17) is 15.9 Å². The number of aliphatic hydroxyl groups is 2. The summed E-state index contributed by atoms with van der Waals surface area (Å²) in [4.78, 5) is 0. The van der Waals surface area contributed by atoms with Crippen LogP contribution in [0.15, 0.2) is 12.3 Å². The van der Waals surface area contributed by atoms with Gasteiger partial charge in [0.15, 0.2) is 0 Å². The van der Waals surface area contributed by atoms with E-state index in [0.717, 1.165) is 0 Å². The minimum atomic E-state index is -0.690. The van der Waals surface area contributed by atoms with Gasteiger partial charge in [-0.2, -0.15) is 0 Å². The van der Waals surface area contributed by atoms with Crippen LogP contribution in [0.1, 0.15) is 13.3 Å². The van der Waals surface area contributed by atoms with Gasteiger partial charge < -0.3 is 15.9 Å². The van der Waals surface area contributed by atoms with Crippen LogP contribution in [0.25, 0.3) is 0 Å². The van der Waals surface area contributed by atoms with Crippen LogP contribution >= 0.6 is 0 Å². The Morgan fingerprint density at radius 1 is 1.56 bits per heavy atom. The van der Waals surface area contributed by atoms with E-state index >= 15 is 0 Å². The van der Waals surface area contributed by atoms with Crippen molar-refractivity contribution in [3.63, 3.8) is 0 Å². The molecule has 0 aromatic carbocycles. The normalized spacial score (nSPS) is 18.1. The predicted octanol–water partition coefficient (Wildman–Crippen LogP) is -0.409. The molecule has 0 aliphatic heterocycles. The molecular formula is C6H13NO2. The van der Waals surface area contributed by atoms with E-state index in [9.17, 15) is 0 Å². The van der Waals surface area contributed by atoms with Crippen molar-refractivity contribution >= 4 is 0 Å². The van der Waals surface area contributed by atoms with Gasteiger partial charge in [-0.15, -0.1) is 0 Å². The third-order valence-electron chi connectivity index (χ3n) is 1.07. The Morgan fingerprint density at radius 3 is 2.44 bits per heavy atom. The van der Waals surface area contributed by atoms with Crippen molar-refractivity contribution in [1.29, 1.82) is 0 Å². The van der Waals surface area contributed by atoms with Crippen molar-refractivity contribution in [3.8, 4) is 0 Å². The maximum Gasteiger partial charge on any atom is 0.0831 e. The van der Waals surface area contributed by atoms with Crippen molar-refractivity contribution < 1.29 is 10.2 Å². The predicted molar refractivity (Wildman–Crippen MR) is 35.6 cm³/mol. The second kappa shape index (κ2) is 4.35. The summed E-state index contributed by atoms with van der Waals surface area (Å²) in [5, 5.41) is 17.6. The highest BCUT2D eigenvalue weighted by molar-refractivity contribution is 4.80. The Bertz CT molecular complexity index is 91.1. The topological polar surface area (TPSA) is 66.5 Å². The Morgan fingerprint density at radius 2 is 2.11 bits per heavy atom. The third kappa shape index (κ3) is 4.00. The fourth-order valence-corrected chi connectivity index (χ4v) is 0.415. The van der Waals surface area contributed by atoms with Crippen molar-refractivity contribution in [3.05, 3.63) is 12.3 Å². The third-order valence-corrected chi connectivity index (χ3v) is 1.07. The summed E-state index contributed by atoms with van der Waals surface area (Å²) in [5.74, 6) is 0. The van der Waals surface area contributed by atoms with Gasteiger partial charge in [-0.1, -0.05) is 6.08 Å². The van der Waals surface area contributed by atoms with Crippen LogP contribution in [0.2, 0.25) is 0 Å². The fraction of sp³-hybridized carbons (Fsp3) is 0.667. The van der Waals surface area contributed by atoms with Gasteiger partial charge in [-0.05, 0) is 19.5 Å². The molecule has 0 spiro atoms. The number of hydrogen-bond donors (Lipinski definition) is 3. The highest BCUT2D eigenvalue weighted by Crippen LogP contribution is 1.97. The van der Waals surface area contributed by atoms with Crippen LogP contribution < -0.4 is 5.73 Å². The molecule has 0 aromatic rings. The SMILES string of the molecule is CC(O)C(O)CC=CN. The Labute approximate surface area is 54.8 Å². The number of nitrogens with two attached hydrogens (primary N) is 1. The van der Waals surface area contributed by atoms with Crippen molar-refractivity contribution in [2.45, 2.75) is 25.6 Å². The van der Waals surface area contributed by atoms with Crippen LogP contribution in [0.5, 0.6) is 0 Å². The number of hydrogen-bond acceptors (Lipinski definition) is 3. The van der Waals surface area contributed by atoms with E-state index in [1.54, 1.807) is 6.08 Å². The first-order chi connectivity index (χ1) is 4.18. The van der Waals surface area contributed by atoms with Gasteiger partial charge in [-0.3, -0.25) is 0 Å². The summed E-state index contributed by atoms with van der Waals surface area (Å²) in [5.41, 5.74) is 5.00. The first-order valence-corrected chi connectivity index (χ1v) is 2.91. The second-order valence-electron chi connectivity index (χ2n) is 1.97. The zero-order valence-corrected chi connectivity index (χ0v) is 5.49. The number of rotatable bonds is 3. The standard InChI is InChI=1S/C6H13NO2/c1-5(8)6(9)3-2-4-7/h2,4-6,8-9H,3,7H2,1H3. The van der Waals surface area contributed by atoms with Gasteiger partial charge in [0.1, 0.15) is 0 Å². The molecule has 3 heteroatoms. The molecule has 0 radical (unpaired) electrons. The lowest BCUT2D eigenvalue weighted by Gasteiger charge is -2.09. The lowest BCUT2D eigenvalue weighted by atomic mass is 10.2. The maximum atomic E-state index is 8.90. The monoisotopic (exact) mass is 131 g/mol. The Hall–Kier alpha value is -0.540. The smallest absolute Gasteiger partial charge is 0.0831 e. The summed E-state index contributed by atoms with van der Waals surface area (Å²) in [6, 6.07) is 0. The summed E-state index contributed by atoms with van der Waals surface area (Å²) in [6.45, 7) is 1.54. The first kappa shape index (κ1) is 8.46. The second-order valence-corrected chi connectivity index (χ2v) is 1.97. The first-order valence-electron chi connectivity index (χ1n) is 2.91. The molecule has 0 amide bonds. The Kier molecular flexibility index (Phi) is 4.09. The zero-order valence-electron chi connectivity index (χ0n) is 5.49. The van der Waals surface area contributed by atoms with Gasteiger partial charge in [0.05, 0.1) is 12.2 Å².